The van der Waals surface area contributed by atoms with Crippen LogP contribution in [0.15, 0.2) is 41.0 Å². The number of hydrogen-bond acceptors (Lipinski definition) is 6. The summed E-state index contributed by atoms with van der Waals surface area (Å²) in [7, 11) is -2.28. The topological polar surface area (TPSA) is 76.5 Å². The van der Waals surface area contributed by atoms with Gasteiger partial charge in [0.15, 0.2) is 0 Å². The molecule has 1 fully saturated rings. The van der Waals surface area contributed by atoms with Crippen LogP contribution < -0.4 is 10.1 Å². The van der Waals surface area contributed by atoms with E-state index < -0.39 is 9.73 Å². The van der Waals surface area contributed by atoms with Crippen LogP contribution in [0.3, 0.4) is 0 Å². The van der Waals surface area contributed by atoms with Crippen LogP contribution in [-0.2, 0) is 9.73 Å². The number of anilines is 2. The van der Waals surface area contributed by atoms with E-state index in [-0.39, 0.29) is 11.9 Å². The van der Waals surface area contributed by atoms with Crippen molar-refractivity contribution in [3.63, 3.8) is 0 Å². The zero-order valence-electron chi connectivity index (χ0n) is 18.9. The van der Waals surface area contributed by atoms with Gasteiger partial charge in [0, 0.05) is 33.7 Å². The zero-order valence-corrected chi connectivity index (χ0v) is 19.7. The average molecular weight is 457 g/mol. The Hall–Kier alpha value is -2.74. The van der Waals surface area contributed by atoms with Crippen molar-refractivity contribution in [2.45, 2.75) is 45.6 Å². The van der Waals surface area contributed by atoms with Gasteiger partial charge >= 0.3 is 0 Å². The fourth-order valence-electron chi connectivity index (χ4n) is 4.13. The summed E-state index contributed by atoms with van der Waals surface area (Å²) in [4.78, 5) is 8.81. The molecule has 6 nitrogen and oxygen atoms in total. The van der Waals surface area contributed by atoms with Gasteiger partial charge in [0.1, 0.15) is 23.7 Å². The molecule has 1 aromatic heterocycles. The van der Waals surface area contributed by atoms with E-state index in [0.717, 1.165) is 36.6 Å². The standard InChI is InChI=1S/C24H29FN4O2S/c1-15-5-8-19(9-6-15)31-22-12-17(25)7-10-20(22)28-24-23-16(2)11-18(29-32(3,4)30)13-21(23)26-14-27-24/h7,10-15,19H,5-6,8-9H2,1-4H3,(H,26,27,28). The van der Waals surface area contributed by atoms with Crippen LogP contribution in [0.2, 0.25) is 0 Å². The van der Waals surface area contributed by atoms with Crippen molar-refractivity contribution in [2.24, 2.45) is 10.3 Å². The maximum Gasteiger partial charge on any atom is 0.146 e. The summed E-state index contributed by atoms with van der Waals surface area (Å²) in [5, 5.41) is 4.15. The zero-order chi connectivity index (χ0) is 22.9. The Morgan fingerprint density at radius 2 is 1.88 bits per heavy atom. The number of nitrogens with zero attached hydrogens (tertiary/aromatic N) is 3. The molecule has 0 spiro atoms. The number of aromatic nitrogens is 2. The van der Waals surface area contributed by atoms with Crippen LogP contribution in [-0.4, -0.2) is 32.8 Å². The predicted octanol–water partition coefficient (Wildman–Crippen LogP) is 6.14. The molecule has 1 aliphatic rings. The molecule has 0 saturated heterocycles. The third kappa shape index (κ3) is 5.35. The smallest absolute Gasteiger partial charge is 0.146 e. The first-order chi connectivity index (χ1) is 15.2. The Bertz CT molecular complexity index is 1250. The maximum atomic E-state index is 14.0. The molecule has 0 atom stereocenters. The van der Waals surface area contributed by atoms with E-state index in [0.29, 0.717) is 34.4 Å². The molecule has 1 heterocycles. The molecule has 1 N–H and O–H groups in total. The highest BCUT2D eigenvalue weighted by atomic mass is 32.2. The number of hydrogen-bond donors (Lipinski definition) is 1. The summed E-state index contributed by atoms with van der Waals surface area (Å²) in [6.45, 7) is 4.19. The fraction of sp³-hybridized carbons (Fsp3) is 0.417. The monoisotopic (exact) mass is 456 g/mol. The molecule has 170 valence electrons. The van der Waals surface area contributed by atoms with Gasteiger partial charge in [0.05, 0.1) is 23.0 Å². The first-order valence-corrected chi connectivity index (χ1v) is 13.2. The van der Waals surface area contributed by atoms with Gasteiger partial charge in [-0.1, -0.05) is 6.92 Å². The van der Waals surface area contributed by atoms with E-state index >= 15 is 0 Å². The molecule has 0 bridgehead atoms. The number of benzene rings is 2. The molecule has 1 aliphatic carbocycles. The van der Waals surface area contributed by atoms with Gasteiger partial charge in [-0.2, -0.15) is 4.36 Å². The quantitative estimate of drug-likeness (QED) is 0.499. The molecule has 1 saturated carbocycles. The number of ether oxygens (including phenoxy) is 1. The fourth-order valence-corrected chi connectivity index (χ4v) is 4.74. The Labute approximate surface area is 188 Å². The van der Waals surface area contributed by atoms with Crippen LogP contribution in [0, 0.1) is 18.7 Å². The van der Waals surface area contributed by atoms with E-state index in [4.69, 9.17) is 4.74 Å². The normalized spacial score (nSPS) is 19.0. The van der Waals surface area contributed by atoms with Gasteiger partial charge in [-0.15, -0.1) is 0 Å². The van der Waals surface area contributed by atoms with Crippen molar-refractivity contribution in [3.8, 4) is 5.75 Å². The summed E-state index contributed by atoms with van der Waals surface area (Å²) in [5.74, 6) is 1.45. The van der Waals surface area contributed by atoms with Gasteiger partial charge in [-0.25, -0.2) is 18.6 Å². The molecule has 8 heteroatoms. The SMILES string of the molecule is Cc1cc(N=S(C)(C)=O)cc2ncnc(Nc3ccc(F)cc3OC3CCC(C)CC3)c12. The van der Waals surface area contributed by atoms with Crippen molar-refractivity contribution < 1.29 is 13.3 Å². The first kappa shape index (κ1) is 22.5. The van der Waals surface area contributed by atoms with Crippen molar-refractivity contribution in [3.05, 3.63) is 48.0 Å². The summed E-state index contributed by atoms with van der Waals surface area (Å²) < 4.78 is 36.6. The number of aryl methyl sites for hydroxylation is 1. The van der Waals surface area contributed by atoms with Crippen LogP contribution in [0.25, 0.3) is 10.9 Å². The van der Waals surface area contributed by atoms with Gasteiger partial charge in [-0.3, -0.25) is 0 Å². The van der Waals surface area contributed by atoms with Gasteiger partial charge in [0.25, 0.3) is 0 Å². The van der Waals surface area contributed by atoms with Gasteiger partial charge in [0.2, 0.25) is 0 Å². The lowest BCUT2D eigenvalue weighted by Crippen LogP contribution is -2.23. The molecule has 32 heavy (non-hydrogen) atoms. The number of rotatable bonds is 5. The lowest BCUT2D eigenvalue weighted by Gasteiger charge is -2.27. The first-order valence-electron chi connectivity index (χ1n) is 10.8. The Kier molecular flexibility index (Phi) is 6.33. The molecular weight excluding hydrogens is 427 g/mol. The number of nitrogens with one attached hydrogen (secondary N) is 1. The third-order valence-corrected chi connectivity index (χ3v) is 6.35. The Morgan fingerprint density at radius 1 is 1.12 bits per heavy atom. The summed E-state index contributed by atoms with van der Waals surface area (Å²) in [6, 6.07) is 8.17. The molecule has 4 rings (SSSR count). The summed E-state index contributed by atoms with van der Waals surface area (Å²) in [6.07, 6.45) is 8.93. The molecule has 3 aromatic rings. The molecule has 0 amide bonds. The average Bonchev–Trinajstić information content (AvgIpc) is 2.70. The third-order valence-electron chi connectivity index (χ3n) is 5.70. The van der Waals surface area contributed by atoms with Crippen molar-refractivity contribution in [1.82, 2.24) is 9.97 Å². The van der Waals surface area contributed by atoms with E-state index in [1.54, 1.807) is 24.6 Å². The van der Waals surface area contributed by atoms with Crippen molar-refractivity contribution >= 4 is 37.8 Å². The van der Waals surface area contributed by atoms with Crippen LogP contribution in [0.1, 0.15) is 38.2 Å². The number of fused-ring (bicyclic) bond motifs is 1. The van der Waals surface area contributed by atoms with Crippen molar-refractivity contribution in [2.75, 3.05) is 17.8 Å². The highest BCUT2D eigenvalue weighted by molar-refractivity contribution is 7.92. The largest absolute Gasteiger partial charge is 0.488 e. The van der Waals surface area contributed by atoms with Crippen LogP contribution in [0.5, 0.6) is 5.75 Å². The molecule has 0 aliphatic heterocycles. The van der Waals surface area contributed by atoms with E-state index in [9.17, 15) is 8.60 Å². The van der Waals surface area contributed by atoms with E-state index in [1.165, 1.54) is 18.5 Å². The Morgan fingerprint density at radius 3 is 2.59 bits per heavy atom. The molecular formula is C24H29FN4O2S. The second-order valence-corrected chi connectivity index (χ2v) is 11.5. The van der Waals surface area contributed by atoms with Crippen LogP contribution >= 0.6 is 0 Å². The minimum absolute atomic E-state index is 0.0829. The number of halogens is 1. The highest BCUT2D eigenvalue weighted by Gasteiger charge is 2.21. The molecule has 2 aromatic carbocycles. The molecule has 0 unspecified atom stereocenters. The maximum absolute atomic E-state index is 14.0. The minimum atomic E-state index is -2.28. The predicted molar refractivity (Wildman–Crippen MR) is 128 cm³/mol. The summed E-state index contributed by atoms with van der Waals surface area (Å²) in [5.41, 5.74) is 2.87. The summed E-state index contributed by atoms with van der Waals surface area (Å²) >= 11 is 0. The van der Waals surface area contributed by atoms with Gasteiger partial charge < -0.3 is 10.1 Å². The van der Waals surface area contributed by atoms with Crippen LogP contribution in [0.4, 0.5) is 21.6 Å². The highest BCUT2D eigenvalue weighted by Crippen LogP contribution is 2.35. The van der Waals surface area contributed by atoms with E-state index in [1.807, 2.05) is 13.0 Å². The minimum Gasteiger partial charge on any atom is -0.488 e. The van der Waals surface area contributed by atoms with E-state index in [2.05, 4.69) is 26.6 Å². The lowest BCUT2D eigenvalue weighted by molar-refractivity contribution is 0.136. The van der Waals surface area contributed by atoms with Crippen molar-refractivity contribution in [1.29, 1.82) is 0 Å². The Balaban J connectivity index is 1.68. The molecule has 0 radical (unpaired) electrons. The second kappa shape index (κ2) is 9.02. The second-order valence-electron chi connectivity index (χ2n) is 8.92. The van der Waals surface area contributed by atoms with Gasteiger partial charge in [-0.05, 0) is 68.4 Å². The lowest BCUT2D eigenvalue weighted by atomic mass is 9.89.